The third-order valence-corrected chi connectivity index (χ3v) is 3.44. The van der Waals surface area contributed by atoms with E-state index in [-0.39, 0.29) is 13.0 Å². The van der Waals surface area contributed by atoms with Crippen molar-refractivity contribution >= 4 is 17.5 Å². The van der Waals surface area contributed by atoms with Crippen LogP contribution in [0.2, 0.25) is 5.02 Å². The molecule has 1 amide bonds. The zero-order valence-electron chi connectivity index (χ0n) is 11.5. The average molecular weight is 326 g/mol. The molecule has 0 aromatic heterocycles. The second-order valence-corrected chi connectivity index (χ2v) is 5.12. The molecule has 3 nitrogen and oxygen atoms in total. The summed E-state index contributed by atoms with van der Waals surface area (Å²) in [5, 5.41) is 12.2. The maximum absolute atomic E-state index is 13.6. The minimum absolute atomic E-state index is 0.187. The maximum Gasteiger partial charge on any atom is 0.257 e. The van der Waals surface area contributed by atoms with Gasteiger partial charge in [0, 0.05) is 11.6 Å². The third kappa shape index (κ3) is 3.81. The normalized spacial score (nSPS) is 12.0. The van der Waals surface area contributed by atoms with E-state index >= 15 is 0 Å². The van der Waals surface area contributed by atoms with Crippen LogP contribution >= 0.6 is 11.6 Å². The van der Waals surface area contributed by atoms with Gasteiger partial charge in [-0.25, -0.2) is 8.78 Å². The van der Waals surface area contributed by atoms with Crippen LogP contribution < -0.4 is 5.32 Å². The van der Waals surface area contributed by atoms with Crippen molar-refractivity contribution in [3.05, 3.63) is 70.2 Å². The number of hydrogen-bond donors (Lipinski definition) is 2. The van der Waals surface area contributed by atoms with Crippen LogP contribution in [0.5, 0.6) is 0 Å². The maximum atomic E-state index is 13.6. The first-order valence-electron chi connectivity index (χ1n) is 6.64. The van der Waals surface area contributed by atoms with Crippen molar-refractivity contribution in [2.45, 2.75) is 12.5 Å². The zero-order chi connectivity index (χ0) is 16.1. The number of carbonyl (C=O) groups is 1. The lowest BCUT2D eigenvalue weighted by Crippen LogP contribution is -2.30. The molecule has 22 heavy (non-hydrogen) atoms. The highest BCUT2D eigenvalue weighted by molar-refractivity contribution is 6.30. The molecule has 0 spiro atoms. The number of nitrogens with one attached hydrogen (secondary N) is 1. The number of aliphatic hydroxyl groups is 1. The number of hydrogen-bond acceptors (Lipinski definition) is 2. The highest BCUT2D eigenvalue weighted by Crippen LogP contribution is 2.21. The lowest BCUT2D eigenvalue weighted by atomic mass is 10.0. The van der Waals surface area contributed by atoms with E-state index in [0.29, 0.717) is 10.6 Å². The summed E-state index contributed by atoms with van der Waals surface area (Å²) >= 11 is 5.80. The van der Waals surface area contributed by atoms with E-state index in [1.54, 1.807) is 24.3 Å². The molecule has 0 aliphatic carbocycles. The van der Waals surface area contributed by atoms with Gasteiger partial charge in [-0.3, -0.25) is 4.79 Å². The Labute approximate surface area is 131 Å². The largest absolute Gasteiger partial charge is 0.396 e. The molecule has 0 saturated carbocycles. The van der Waals surface area contributed by atoms with Gasteiger partial charge >= 0.3 is 0 Å². The fourth-order valence-electron chi connectivity index (χ4n) is 2.09. The van der Waals surface area contributed by atoms with Gasteiger partial charge in [-0.05, 0) is 36.2 Å². The highest BCUT2D eigenvalue weighted by Gasteiger charge is 2.21. The molecular formula is C16H14ClF2NO2. The molecule has 0 radical (unpaired) electrons. The van der Waals surface area contributed by atoms with Crippen LogP contribution in [0, 0.1) is 11.6 Å². The van der Waals surface area contributed by atoms with Crippen LogP contribution in [0.4, 0.5) is 8.78 Å². The van der Waals surface area contributed by atoms with Crippen molar-refractivity contribution < 1.29 is 18.7 Å². The number of aliphatic hydroxyl groups excluding tert-OH is 1. The van der Waals surface area contributed by atoms with E-state index in [4.69, 9.17) is 16.7 Å². The highest BCUT2D eigenvalue weighted by atomic mass is 35.5. The Morgan fingerprint density at radius 2 is 1.73 bits per heavy atom. The summed E-state index contributed by atoms with van der Waals surface area (Å²) in [6, 6.07) is 9.28. The van der Waals surface area contributed by atoms with Crippen molar-refractivity contribution in [3.8, 4) is 0 Å². The first-order chi connectivity index (χ1) is 10.5. The summed E-state index contributed by atoms with van der Waals surface area (Å²) < 4.78 is 27.2. The smallest absolute Gasteiger partial charge is 0.257 e. The molecule has 116 valence electrons. The van der Waals surface area contributed by atoms with Gasteiger partial charge in [0.25, 0.3) is 5.91 Å². The Hall–Kier alpha value is -1.98. The Bertz CT molecular complexity index is 641. The predicted octanol–water partition coefficient (Wildman–Crippen LogP) is 3.47. The average Bonchev–Trinajstić information content (AvgIpc) is 2.47. The van der Waals surface area contributed by atoms with E-state index in [1.165, 1.54) is 6.07 Å². The van der Waals surface area contributed by atoms with Crippen LogP contribution in [0.1, 0.15) is 28.4 Å². The Balaban J connectivity index is 2.24. The van der Waals surface area contributed by atoms with Gasteiger partial charge in [-0.1, -0.05) is 29.8 Å². The van der Waals surface area contributed by atoms with Crippen molar-refractivity contribution in [1.29, 1.82) is 0 Å². The van der Waals surface area contributed by atoms with Gasteiger partial charge in [0.15, 0.2) is 0 Å². The molecule has 6 heteroatoms. The Morgan fingerprint density at radius 1 is 1.14 bits per heavy atom. The minimum atomic E-state index is -0.934. The summed E-state index contributed by atoms with van der Waals surface area (Å²) in [5.74, 6) is -2.74. The molecule has 2 rings (SSSR count). The molecule has 0 fully saturated rings. The van der Waals surface area contributed by atoms with Crippen molar-refractivity contribution in [1.82, 2.24) is 5.32 Å². The molecule has 0 aliphatic heterocycles. The molecule has 2 N–H and O–H groups in total. The lowest BCUT2D eigenvalue weighted by Gasteiger charge is -2.19. The van der Waals surface area contributed by atoms with Crippen LogP contribution in [0.15, 0.2) is 42.5 Å². The van der Waals surface area contributed by atoms with Crippen molar-refractivity contribution in [3.63, 3.8) is 0 Å². The Kier molecular flexibility index (Phi) is 5.46. The molecule has 2 aromatic carbocycles. The summed E-state index contributed by atoms with van der Waals surface area (Å²) in [5.41, 5.74) is 0.0444. The van der Waals surface area contributed by atoms with Crippen molar-refractivity contribution in [2.75, 3.05) is 6.61 Å². The van der Waals surface area contributed by atoms with E-state index in [9.17, 15) is 13.6 Å². The lowest BCUT2D eigenvalue weighted by molar-refractivity contribution is 0.0921. The van der Waals surface area contributed by atoms with Gasteiger partial charge in [-0.15, -0.1) is 0 Å². The third-order valence-electron chi connectivity index (χ3n) is 3.19. The van der Waals surface area contributed by atoms with Gasteiger partial charge in [-0.2, -0.15) is 0 Å². The number of halogens is 3. The molecule has 0 heterocycles. The fourth-order valence-corrected chi connectivity index (χ4v) is 2.22. The predicted molar refractivity (Wildman–Crippen MR) is 79.7 cm³/mol. The van der Waals surface area contributed by atoms with Gasteiger partial charge in [0.2, 0.25) is 0 Å². The summed E-state index contributed by atoms with van der Waals surface area (Å²) in [4.78, 5) is 12.1. The van der Waals surface area contributed by atoms with Gasteiger partial charge < -0.3 is 10.4 Å². The van der Waals surface area contributed by atoms with Crippen LogP contribution in [-0.4, -0.2) is 17.6 Å². The SMILES string of the molecule is O=C(NC(CCO)c1ccc(Cl)cc1)c1c(F)cccc1F. The summed E-state index contributed by atoms with van der Waals surface area (Å²) in [6.45, 7) is -0.187. The fraction of sp³-hybridized carbons (Fsp3) is 0.188. The quantitative estimate of drug-likeness (QED) is 0.884. The second-order valence-electron chi connectivity index (χ2n) is 4.69. The minimum Gasteiger partial charge on any atom is -0.396 e. The van der Waals surface area contributed by atoms with Gasteiger partial charge in [0.05, 0.1) is 6.04 Å². The van der Waals surface area contributed by atoms with Crippen molar-refractivity contribution in [2.24, 2.45) is 0 Å². The molecule has 0 saturated heterocycles. The molecule has 0 aliphatic rings. The summed E-state index contributed by atoms with van der Waals surface area (Å²) in [6.07, 6.45) is 0.212. The standard InChI is InChI=1S/C16H14ClF2NO2/c17-11-6-4-10(5-7-11)14(8-9-21)20-16(22)15-12(18)2-1-3-13(15)19/h1-7,14,21H,8-9H2,(H,20,22). The Morgan fingerprint density at radius 3 is 2.27 bits per heavy atom. The molecule has 1 atom stereocenters. The van der Waals surface area contributed by atoms with Crippen LogP contribution in [-0.2, 0) is 0 Å². The molecule has 0 bridgehead atoms. The van der Waals surface area contributed by atoms with Gasteiger partial charge in [0.1, 0.15) is 17.2 Å². The van der Waals surface area contributed by atoms with Crippen LogP contribution in [0.25, 0.3) is 0 Å². The van der Waals surface area contributed by atoms with Crippen LogP contribution in [0.3, 0.4) is 0 Å². The number of benzene rings is 2. The number of rotatable bonds is 5. The number of carbonyl (C=O) groups excluding carboxylic acids is 1. The summed E-state index contributed by atoms with van der Waals surface area (Å²) in [7, 11) is 0. The topological polar surface area (TPSA) is 49.3 Å². The number of amides is 1. The van der Waals surface area contributed by atoms with E-state index < -0.39 is 29.1 Å². The van der Waals surface area contributed by atoms with E-state index in [0.717, 1.165) is 12.1 Å². The van der Waals surface area contributed by atoms with E-state index in [2.05, 4.69) is 5.32 Å². The molecule has 1 unspecified atom stereocenters. The zero-order valence-corrected chi connectivity index (χ0v) is 12.3. The molecule has 2 aromatic rings. The molecular weight excluding hydrogens is 312 g/mol. The monoisotopic (exact) mass is 325 g/mol. The van der Waals surface area contributed by atoms with E-state index in [1.807, 2.05) is 0 Å². The first-order valence-corrected chi connectivity index (χ1v) is 7.02. The first kappa shape index (κ1) is 16.4. The second kappa shape index (κ2) is 7.33.